The average Bonchev–Trinajstić information content (AvgIpc) is 2.47. The van der Waals surface area contributed by atoms with Crippen LogP contribution >= 0.6 is 0 Å². The van der Waals surface area contributed by atoms with Crippen LogP contribution in [0.5, 0.6) is 0 Å². The number of rotatable bonds is 2. The molecule has 13 heavy (non-hydrogen) atoms. The number of nitrogens with one attached hydrogen (secondary N) is 1. The summed E-state index contributed by atoms with van der Waals surface area (Å²) in [6.45, 7) is 1.77. The zero-order valence-corrected chi connectivity index (χ0v) is 7.07. The Balaban J connectivity index is 2.67. The summed E-state index contributed by atoms with van der Waals surface area (Å²) in [5, 5.41) is 2.56. The lowest BCUT2D eigenvalue weighted by atomic mass is 10.3. The van der Waals surface area contributed by atoms with Gasteiger partial charge in [0.15, 0.2) is 11.5 Å². The van der Waals surface area contributed by atoms with Crippen molar-refractivity contribution in [1.29, 1.82) is 0 Å². The molecule has 0 saturated carbocycles. The predicted molar refractivity (Wildman–Crippen MR) is 48.4 cm³/mol. The Hall–Kier alpha value is -1.84. The number of oxazole rings is 1. The van der Waals surface area contributed by atoms with Crippen molar-refractivity contribution in [1.82, 2.24) is 4.98 Å². The maximum Gasteiger partial charge on any atom is 0.211 e. The lowest BCUT2D eigenvalue weighted by Gasteiger charge is -1.96. The predicted octanol–water partition coefficient (Wildman–Crippen LogP) is 1.70. The van der Waals surface area contributed by atoms with Crippen molar-refractivity contribution in [3.05, 3.63) is 24.1 Å². The summed E-state index contributed by atoms with van der Waals surface area (Å²) in [7, 11) is 0. The Morgan fingerprint density at radius 1 is 1.54 bits per heavy atom. The van der Waals surface area contributed by atoms with Gasteiger partial charge in [0.25, 0.3) is 0 Å². The van der Waals surface area contributed by atoms with E-state index in [9.17, 15) is 4.79 Å². The van der Waals surface area contributed by atoms with Gasteiger partial charge in [-0.3, -0.25) is 4.79 Å². The monoisotopic (exact) mass is 176 g/mol. The summed E-state index contributed by atoms with van der Waals surface area (Å²) in [5.74, 6) is 0.593. The number of nitrogens with zero attached hydrogens (tertiary/aromatic N) is 1. The molecule has 2 aromatic rings. The molecule has 0 bridgehead atoms. The van der Waals surface area contributed by atoms with Crippen molar-refractivity contribution < 1.29 is 9.21 Å². The maximum atomic E-state index is 10.3. The number of benzene rings is 1. The van der Waals surface area contributed by atoms with E-state index in [4.69, 9.17) is 4.42 Å². The minimum atomic E-state index is 0.593. The largest absolute Gasteiger partial charge is 0.441 e. The second-order valence-electron chi connectivity index (χ2n) is 2.65. The fourth-order valence-corrected chi connectivity index (χ4v) is 1.24. The summed E-state index contributed by atoms with van der Waals surface area (Å²) >= 11 is 0. The van der Waals surface area contributed by atoms with Crippen LogP contribution in [-0.4, -0.2) is 11.4 Å². The quantitative estimate of drug-likeness (QED) is 0.708. The zero-order valence-electron chi connectivity index (χ0n) is 7.07. The summed E-state index contributed by atoms with van der Waals surface area (Å²) in [6, 6.07) is 5.39. The molecule has 1 amide bonds. The first kappa shape index (κ1) is 7.79. The summed E-state index contributed by atoms with van der Waals surface area (Å²) in [6.07, 6.45) is 0.624. The topological polar surface area (TPSA) is 55.1 Å². The molecule has 0 aliphatic heterocycles. The van der Waals surface area contributed by atoms with E-state index >= 15 is 0 Å². The van der Waals surface area contributed by atoms with E-state index in [1.807, 2.05) is 6.07 Å². The molecule has 2 rings (SSSR count). The van der Waals surface area contributed by atoms with Gasteiger partial charge in [0.2, 0.25) is 6.41 Å². The van der Waals surface area contributed by atoms with Crippen LogP contribution in [0.25, 0.3) is 11.1 Å². The fourth-order valence-electron chi connectivity index (χ4n) is 1.24. The van der Waals surface area contributed by atoms with E-state index in [0.29, 0.717) is 29.1 Å². The Labute approximate surface area is 74.6 Å². The lowest BCUT2D eigenvalue weighted by molar-refractivity contribution is -0.105. The lowest BCUT2D eigenvalue weighted by Crippen LogP contribution is -1.93. The molecule has 1 heterocycles. The molecule has 1 aromatic heterocycles. The van der Waals surface area contributed by atoms with Crippen LogP contribution in [0.4, 0.5) is 5.69 Å². The highest BCUT2D eigenvalue weighted by Crippen LogP contribution is 2.22. The average molecular weight is 176 g/mol. The van der Waals surface area contributed by atoms with Gasteiger partial charge in [-0.1, -0.05) is 6.07 Å². The van der Waals surface area contributed by atoms with Gasteiger partial charge in [-0.15, -0.1) is 0 Å². The molecule has 0 saturated heterocycles. The van der Waals surface area contributed by atoms with Crippen LogP contribution in [0.3, 0.4) is 0 Å². The molecule has 0 fully saturated rings. The highest BCUT2D eigenvalue weighted by molar-refractivity contribution is 5.91. The van der Waals surface area contributed by atoms with Crippen LogP contribution in [0.15, 0.2) is 22.6 Å². The van der Waals surface area contributed by atoms with Gasteiger partial charge in [-0.25, -0.2) is 4.98 Å². The molecule has 0 aliphatic carbocycles. The minimum absolute atomic E-state index is 0.593. The van der Waals surface area contributed by atoms with Crippen molar-refractivity contribution >= 4 is 23.2 Å². The van der Waals surface area contributed by atoms with Crippen molar-refractivity contribution in [2.45, 2.75) is 6.92 Å². The van der Waals surface area contributed by atoms with Gasteiger partial charge in [-0.2, -0.15) is 0 Å². The molecule has 0 atom stereocenters. The molecule has 0 aliphatic rings. The van der Waals surface area contributed by atoms with E-state index < -0.39 is 0 Å². The molecule has 1 N–H and O–H groups in total. The number of aromatic nitrogens is 1. The minimum Gasteiger partial charge on any atom is -0.441 e. The molecule has 1 aromatic carbocycles. The third-order valence-corrected chi connectivity index (χ3v) is 1.74. The van der Waals surface area contributed by atoms with E-state index in [-0.39, 0.29) is 0 Å². The molecule has 66 valence electrons. The van der Waals surface area contributed by atoms with Crippen LogP contribution in [-0.2, 0) is 4.79 Å². The van der Waals surface area contributed by atoms with Gasteiger partial charge >= 0.3 is 0 Å². The van der Waals surface area contributed by atoms with Gasteiger partial charge in [0.1, 0.15) is 5.52 Å². The highest BCUT2D eigenvalue weighted by atomic mass is 16.3. The number of para-hydroxylation sites is 1. The molecular formula is C9H8N2O2. The summed E-state index contributed by atoms with van der Waals surface area (Å²) in [5.41, 5.74) is 2.04. The Morgan fingerprint density at radius 3 is 3.15 bits per heavy atom. The maximum absolute atomic E-state index is 10.3. The third-order valence-electron chi connectivity index (χ3n) is 1.74. The number of hydrogen-bond donors (Lipinski definition) is 1. The summed E-state index contributed by atoms with van der Waals surface area (Å²) < 4.78 is 5.29. The van der Waals surface area contributed by atoms with Crippen molar-refractivity contribution in [3.63, 3.8) is 0 Å². The van der Waals surface area contributed by atoms with E-state index in [0.717, 1.165) is 0 Å². The molecule has 4 nitrogen and oxygen atoms in total. The fraction of sp³-hybridized carbons (Fsp3) is 0.111. The van der Waals surface area contributed by atoms with Crippen LogP contribution in [0.1, 0.15) is 5.89 Å². The first-order valence-corrected chi connectivity index (χ1v) is 3.87. The molecule has 0 spiro atoms. The van der Waals surface area contributed by atoms with E-state index in [1.54, 1.807) is 19.1 Å². The zero-order chi connectivity index (χ0) is 9.26. The number of hydrogen-bond acceptors (Lipinski definition) is 3. The second kappa shape index (κ2) is 2.90. The van der Waals surface area contributed by atoms with E-state index in [2.05, 4.69) is 10.3 Å². The standard InChI is InChI=1S/C9H8N2O2/c1-6-11-9-7(10-5-12)3-2-4-8(9)13-6/h2-5H,1H3,(H,10,12). The number of amides is 1. The Kier molecular flexibility index (Phi) is 1.73. The number of carbonyl (C=O) groups excluding carboxylic acids is 1. The Morgan fingerprint density at radius 2 is 2.38 bits per heavy atom. The van der Waals surface area contributed by atoms with Gasteiger partial charge in [0, 0.05) is 6.92 Å². The van der Waals surface area contributed by atoms with Gasteiger partial charge in [-0.05, 0) is 12.1 Å². The van der Waals surface area contributed by atoms with Crippen LogP contribution in [0, 0.1) is 6.92 Å². The highest BCUT2D eigenvalue weighted by Gasteiger charge is 2.05. The normalized spacial score (nSPS) is 10.2. The second-order valence-corrected chi connectivity index (χ2v) is 2.65. The van der Waals surface area contributed by atoms with Crippen molar-refractivity contribution in [2.24, 2.45) is 0 Å². The SMILES string of the molecule is Cc1nc2c(NC=O)cccc2o1. The number of anilines is 1. The molecular weight excluding hydrogens is 168 g/mol. The van der Waals surface area contributed by atoms with Crippen LogP contribution < -0.4 is 5.32 Å². The molecule has 4 heteroatoms. The van der Waals surface area contributed by atoms with Crippen molar-refractivity contribution in [2.75, 3.05) is 5.32 Å². The number of carbonyl (C=O) groups is 1. The van der Waals surface area contributed by atoms with E-state index in [1.165, 1.54) is 0 Å². The molecule has 0 unspecified atom stereocenters. The number of fused-ring (bicyclic) bond motifs is 1. The third kappa shape index (κ3) is 1.26. The van der Waals surface area contributed by atoms with Crippen molar-refractivity contribution in [3.8, 4) is 0 Å². The smallest absolute Gasteiger partial charge is 0.211 e. The van der Waals surface area contributed by atoms with Gasteiger partial charge < -0.3 is 9.73 Å². The first-order chi connectivity index (χ1) is 6.31. The summed E-state index contributed by atoms with van der Waals surface area (Å²) in [4.78, 5) is 14.4. The number of aryl methyl sites for hydroxylation is 1. The first-order valence-electron chi connectivity index (χ1n) is 3.87. The van der Waals surface area contributed by atoms with Gasteiger partial charge in [0.05, 0.1) is 5.69 Å². The molecule has 0 radical (unpaired) electrons. The Bertz CT molecular complexity index is 448. The van der Waals surface area contributed by atoms with Crippen LogP contribution in [0.2, 0.25) is 0 Å².